The van der Waals surface area contributed by atoms with Gasteiger partial charge in [-0.1, -0.05) is 6.07 Å². The van der Waals surface area contributed by atoms with Crippen LogP contribution in [0.3, 0.4) is 0 Å². The van der Waals surface area contributed by atoms with Crippen LogP contribution in [-0.4, -0.2) is 23.8 Å². The van der Waals surface area contributed by atoms with Gasteiger partial charge in [0.05, 0.1) is 18.0 Å². The molecule has 1 aromatic heterocycles. The molecule has 0 saturated carbocycles. The van der Waals surface area contributed by atoms with Crippen LogP contribution in [0.4, 0.5) is 0 Å². The fraction of sp³-hybridized carbons (Fsp3) is 0.333. The van der Waals surface area contributed by atoms with Crippen molar-refractivity contribution in [3.63, 3.8) is 0 Å². The lowest BCUT2D eigenvalue weighted by molar-refractivity contribution is 0.973. The number of hydrogen-bond donors (Lipinski definition) is 1. The molecule has 1 aromatic rings. The summed E-state index contributed by atoms with van der Waals surface area (Å²) in [5.41, 5.74) is 7.19. The predicted molar refractivity (Wildman–Crippen MR) is 50.4 cm³/mol. The molecule has 0 fully saturated rings. The summed E-state index contributed by atoms with van der Waals surface area (Å²) < 4.78 is 0. The highest BCUT2D eigenvalue weighted by atomic mass is 14.8. The minimum atomic E-state index is 0.587. The van der Waals surface area contributed by atoms with E-state index in [1.165, 1.54) is 0 Å². The van der Waals surface area contributed by atoms with Gasteiger partial charge >= 0.3 is 0 Å². The van der Waals surface area contributed by atoms with E-state index in [1.807, 2.05) is 25.1 Å². The smallest absolute Gasteiger partial charge is 0.0837 e. The van der Waals surface area contributed by atoms with Crippen molar-refractivity contribution in [2.24, 2.45) is 10.7 Å². The number of pyridine rings is 1. The van der Waals surface area contributed by atoms with Crippen molar-refractivity contribution < 1.29 is 0 Å². The lowest BCUT2D eigenvalue weighted by Crippen LogP contribution is -2.06. The van der Waals surface area contributed by atoms with Crippen molar-refractivity contribution in [3.05, 3.63) is 30.1 Å². The van der Waals surface area contributed by atoms with Crippen LogP contribution in [0.15, 0.2) is 29.4 Å². The Morgan fingerprint density at radius 2 is 2.42 bits per heavy atom. The zero-order valence-electron chi connectivity index (χ0n) is 7.20. The number of nitrogens with two attached hydrogens (primary N) is 1. The second kappa shape index (κ2) is 4.62. The molecule has 64 valence electrons. The Hall–Kier alpha value is -1.22. The van der Waals surface area contributed by atoms with Gasteiger partial charge in [-0.3, -0.25) is 9.98 Å². The summed E-state index contributed by atoms with van der Waals surface area (Å²) in [5, 5.41) is 0. The number of hydrogen-bond acceptors (Lipinski definition) is 3. The normalized spacial score (nSPS) is 11.7. The summed E-state index contributed by atoms with van der Waals surface area (Å²) in [4.78, 5) is 8.40. The third-order valence-electron chi connectivity index (χ3n) is 1.51. The molecule has 0 aromatic carbocycles. The predicted octanol–water partition coefficient (Wildman–Crippen LogP) is 0.849. The zero-order valence-corrected chi connectivity index (χ0v) is 7.20. The average Bonchev–Trinajstić information content (AvgIpc) is 2.15. The highest BCUT2D eigenvalue weighted by Gasteiger charge is 1.94. The van der Waals surface area contributed by atoms with Gasteiger partial charge in [-0.25, -0.2) is 0 Å². The molecule has 0 radical (unpaired) electrons. The molecule has 2 N–H and O–H groups in total. The largest absolute Gasteiger partial charge is 0.329 e. The van der Waals surface area contributed by atoms with Crippen molar-refractivity contribution in [2.45, 2.75) is 6.92 Å². The number of aromatic nitrogens is 1. The third kappa shape index (κ3) is 2.43. The molecule has 3 heteroatoms. The van der Waals surface area contributed by atoms with E-state index >= 15 is 0 Å². The van der Waals surface area contributed by atoms with E-state index in [9.17, 15) is 0 Å². The zero-order chi connectivity index (χ0) is 8.81. The summed E-state index contributed by atoms with van der Waals surface area (Å²) in [6.07, 6.45) is 1.76. The number of aliphatic imine (C=N–C) groups is 1. The maximum Gasteiger partial charge on any atom is 0.0837 e. The fourth-order valence-electron chi connectivity index (χ4n) is 0.890. The first-order chi connectivity index (χ1) is 5.84. The fourth-order valence-corrected chi connectivity index (χ4v) is 0.890. The lowest BCUT2D eigenvalue weighted by atomic mass is 10.2. The van der Waals surface area contributed by atoms with Gasteiger partial charge in [-0.05, 0) is 19.1 Å². The summed E-state index contributed by atoms with van der Waals surface area (Å²) in [6, 6.07) is 5.78. The summed E-state index contributed by atoms with van der Waals surface area (Å²) >= 11 is 0. The maximum atomic E-state index is 5.33. The monoisotopic (exact) mass is 163 g/mol. The highest BCUT2D eigenvalue weighted by molar-refractivity contribution is 5.96. The number of nitrogens with zero attached hydrogens (tertiary/aromatic N) is 2. The molecular weight excluding hydrogens is 150 g/mol. The quantitative estimate of drug-likeness (QED) is 0.671. The van der Waals surface area contributed by atoms with Crippen LogP contribution in [0.25, 0.3) is 0 Å². The third-order valence-corrected chi connectivity index (χ3v) is 1.51. The summed E-state index contributed by atoms with van der Waals surface area (Å²) in [7, 11) is 0. The lowest BCUT2D eigenvalue weighted by Gasteiger charge is -1.97. The van der Waals surface area contributed by atoms with E-state index in [-0.39, 0.29) is 0 Å². The molecule has 3 nitrogen and oxygen atoms in total. The van der Waals surface area contributed by atoms with Crippen LogP contribution < -0.4 is 5.73 Å². The van der Waals surface area contributed by atoms with Crippen LogP contribution in [-0.2, 0) is 0 Å². The molecule has 0 unspecified atom stereocenters. The first kappa shape index (κ1) is 8.87. The molecule has 0 atom stereocenters. The Labute approximate surface area is 72.3 Å². The van der Waals surface area contributed by atoms with Gasteiger partial charge in [0.15, 0.2) is 0 Å². The standard InChI is InChI=1S/C9H13N3/c1-8(11-7-5-10)9-4-2-3-6-12-9/h2-4,6H,5,7,10H2,1H3. The van der Waals surface area contributed by atoms with Crippen molar-refractivity contribution in [2.75, 3.05) is 13.1 Å². The molecule has 0 aliphatic carbocycles. The highest BCUT2D eigenvalue weighted by Crippen LogP contribution is 1.95. The van der Waals surface area contributed by atoms with E-state index in [1.54, 1.807) is 6.20 Å². The van der Waals surface area contributed by atoms with Crippen LogP contribution in [0.2, 0.25) is 0 Å². The Bertz CT molecular complexity index is 254. The molecule has 1 rings (SSSR count). The van der Waals surface area contributed by atoms with Gasteiger partial charge in [-0.2, -0.15) is 0 Å². The Morgan fingerprint density at radius 3 is 3.00 bits per heavy atom. The minimum Gasteiger partial charge on any atom is -0.329 e. The first-order valence-corrected chi connectivity index (χ1v) is 3.97. The molecule has 0 spiro atoms. The Morgan fingerprint density at radius 1 is 1.58 bits per heavy atom. The molecule has 0 bridgehead atoms. The Kier molecular flexibility index (Phi) is 3.41. The van der Waals surface area contributed by atoms with Gasteiger partial charge in [0.25, 0.3) is 0 Å². The molecule has 0 amide bonds. The van der Waals surface area contributed by atoms with E-state index in [4.69, 9.17) is 5.73 Å². The molecular formula is C9H13N3. The van der Waals surface area contributed by atoms with E-state index in [2.05, 4.69) is 9.98 Å². The summed E-state index contributed by atoms with van der Waals surface area (Å²) in [5.74, 6) is 0. The second-order valence-electron chi connectivity index (χ2n) is 2.47. The van der Waals surface area contributed by atoms with Gasteiger partial charge in [0, 0.05) is 12.7 Å². The minimum absolute atomic E-state index is 0.587. The average molecular weight is 163 g/mol. The van der Waals surface area contributed by atoms with Crippen LogP contribution in [0, 0.1) is 0 Å². The van der Waals surface area contributed by atoms with Gasteiger partial charge in [0.1, 0.15) is 0 Å². The van der Waals surface area contributed by atoms with Gasteiger partial charge in [-0.15, -0.1) is 0 Å². The van der Waals surface area contributed by atoms with Crippen LogP contribution >= 0.6 is 0 Å². The summed E-state index contributed by atoms with van der Waals surface area (Å²) in [6.45, 7) is 3.20. The Balaban J connectivity index is 2.71. The van der Waals surface area contributed by atoms with E-state index in [0.29, 0.717) is 13.1 Å². The number of rotatable bonds is 3. The van der Waals surface area contributed by atoms with Crippen LogP contribution in [0.1, 0.15) is 12.6 Å². The van der Waals surface area contributed by atoms with E-state index in [0.717, 1.165) is 11.4 Å². The van der Waals surface area contributed by atoms with Crippen molar-refractivity contribution >= 4 is 5.71 Å². The molecule has 0 aliphatic heterocycles. The van der Waals surface area contributed by atoms with Gasteiger partial charge < -0.3 is 5.73 Å². The van der Waals surface area contributed by atoms with Crippen molar-refractivity contribution in [1.82, 2.24) is 4.98 Å². The van der Waals surface area contributed by atoms with E-state index < -0.39 is 0 Å². The molecule has 0 aliphatic rings. The van der Waals surface area contributed by atoms with Crippen molar-refractivity contribution in [1.29, 1.82) is 0 Å². The SMILES string of the molecule is CC(=NCCN)c1ccccn1. The topological polar surface area (TPSA) is 51.3 Å². The molecule has 12 heavy (non-hydrogen) atoms. The first-order valence-electron chi connectivity index (χ1n) is 3.97. The van der Waals surface area contributed by atoms with Crippen LogP contribution in [0.5, 0.6) is 0 Å². The maximum absolute atomic E-state index is 5.33. The second-order valence-corrected chi connectivity index (χ2v) is 2.47. The molecule has 1 heterocycles. The van der Waals surface area contributed by atoms with Gasteiger partial charge in [0.2, 0.25) is 0 Å². The van der Waals surface area contributed by atoms with Crippen molar-refractivity contribution in [3.8, 4) is 0 Å². The molecule has 0 saturated heterocycles.